The minimum absolute atomic E-state index is 0.151. The summed E-state index contributed by atoms with van der Waals surface area (Å²) in [5.74, 6) is 0.168. The molecule has 0 saturated carbocycles. The van der Waals surface area contributed by atoms with E-state index >= 15 is 0 Å². The molecule has 0 spiro atoms. The molecule has 0 aliphatic carbocycles. The summed E-state index contributed by atoms with van der Waals surface area (Å²) in [7, 11) is 1.77. The maximum Gasteiger partial charge on any atom is 0.257 e. The number of pyridine rings is 1. The van der Waals surface area contributed by atoms with Crippen LogP contribution in [0.4, 0.5) is 0 Å². The number of amides is 1. The Balaban J connectivity index is 2.65. The molecule has 1 N–H and O–H groups in total. The quantitative estimate of drug-likeness (QED) is 0.787. The van der Waals surface area contributed by atoms with Gasteiger partial charge in [-0.25, -0.2) is 0 Å². The molecule has 100 valence electrons. The molecule has 0 aromatic carbocycles. The molecule has 0 saturated heterocycles. The lowest BCUT2D eigenvalue weighted by Crippen LogP contribution is -2.30. The van der Waals surface area contributed by atoms with Gasteiger partial charge in [0.15, 0.2) is 12.4 Å². The van der Waals surface area contributed by atoms with Crippen molar-refractivity contribution < 1.29 is 9.53 Å². The Hall–Kier alpha value is -1.49. The Morgan fingerprint density at radius 3 is 2.89 bits per heavy atom. The highest BCUT2D eigenvalue weighted by Gasteiger charge is 2.07. The largest absolute Gasteiger partial charge is 0.478 e. The summed E-state index contributed by atoms with van der Waals surface area (Å²) in [4.78, 5) is 23.0. The Morgan fingerprint density at radius 2 is 2.28 bits per heavy atom. The zero-order valence-corrected chi connectivity index (χ0v) is 11.3. The summed E-state index contributed by atoms with van der Waals surface area (Å²) in [6, 6.07) is 1.41. The van der Waals surface area contributed by atoms with Crippen molar-refractivity contribution in [3.63, 3.8) is 0 Å². The molecule has 6 heteroatoms. The number of ether oxygens (including phenoxy) is 1. The summed E-state index contributed by atoms with van der Waals surface area (Å²) in [5.41, 5.74) is 0.427. The van der Waals surface area contributed by atoms with Gasteiger partial charge >= 0.3 is 0 Å². The number of alkyl halides is 1. The number of nitrogens with one attached hydrogen (secondary N) is 1. The molecule has 18 heavy (non-hydrogen) atoms. The number of hydrogen-bond acceptors (Lipinski definition) is 3. The maximum atomic E-state index is 11.6. The van der Waals surface area contributed by atoms with Crippen molar-refractivity contribution in [1.82, 2.24) is 9.88 Å². The molecule has 0 bridgehead atoms. The van der Waals surface area contributed by atoms with Crippen LogP contribution in [-0.2, 0) is 17.7 Å². The Labute approximate surface area is 111 Å². The van der Waals surface area contributed by atoms with Crippen LogP contribution in [0, 0.1) is 0 Å². The highest BCUT2D eigenvalue weighted by atomic mass is 35.5. The van der Waals surface area contributed by atoms with E-state index in [1.807, 2.05) is 6.92 Å². The molecule has 0 radical (unpaired) electrons. The predicted octanol–water partition coefficient (Wildman–Crippen LogP) is 1.03. The van der Waals surface area contributed by atoms with Gasteiger partial charge in [-0.15, -0.1) is 11.6 Å². The van der Waals surface area contributed by atoms with Crippen LogP contribution in [-0.4, -0.2) is 23.6 Å². The Bertz CT molecular complexity index is 471. The average molecular weight is 273 g/mol. The molecule has 0 fully saturated rings. The zero-order valence-electron chi connectivity index (χ0n) is 10.5. The molecule has 0 unspecified atom stereocenters. The third-order valence-electron chi connectivity index (χ3n) is 2.37. The first kappa shape index (κ1) is 14.6. The normalized spacial score (nSPS) is 10.2. The van der Waals surface area contributed by atoms with Crippen LogP contribution in [0.25, 0.3) is 0 Å². The summed E-state index contributed by atoms with van der Waals surface area (Å²) in [5, 5.41) is 2.67. The van der Waals surface area contributed by atoms with E-state index in [1.54, 1.807) is 11.6 Å². The van der Waals surface area contributed by atoms with Crippen molar-refractivity contribution in [3.8, 4) is 5.75 Å². The molecule has 5 nitrogen and oxygen atoms in total. The van der Waals surface area contributed by atoms with Crippen LogP contribution in [0.3, 0.4) is 0 Å². The highest BCUT2D eigenvalue weighted by Crippen LogP contribution is 2.07. The molecule has 1 rings (SSSR count). The number of hydrogen-bond donors (Lipinski definition) is 1. The number of nitrogens with zero attached hydrogens (tertiary/aromatic N) is 1. The number of carbonyl (C=O) groups excluding carboxylic acids is 1. The molecule has 1 amide bonds. The van der Waals surface area contributed by atoms with Crippen LogP contribution in [0.2, 0.25) is 0 Å². The minimum Gasteiger partial charge on any atom is -0.478 e. The van der Waals surface area contributed by atoms with Gasteiger partial charge < -0.3 is 14.6 Å². The summed E-state index contributed by atoms with van der Waals surface area (Å²) in [6.45, 7) is 2.41. The topological polar surface area (TPSA) is 60.3 Å². The van der Waals surface area contributed by atoms with Gasteiger partial charge in [0.25, 0.3) is 5.91 Å². The van der Waals surface area contributed by atoms with E-state index < -0.39 is 0 Å². The van der Waals surface area contributed by atoms with Crippen LogP contribution >= 0.6 is 11.6 Å². The minimum atomic E-state index is -0.271. The van der Waals surface area contributed by atoms with Crippen LogP contribution in [0.1, 0.15) is 19.0 Å². The Morgan fingerprint density at radius 1 is 1.56 bits per heavy atom. The van der Waals surface area contributed by atoms with Gasteiger partial charge in [0.05, 0.1) is 12.1 Å². The maximum absolute atomic E-state index is 11.6. The van der Waals surface area contributed by atoms with Gasteiger partial charge in [0, 0.05) is 25.4 Å². The molecular formula is C12H17ClN2O3. The van der Waals surface area contributed by atoms with E-state index in [0.29, 0.717) is 12.2 Å². The second-order valence-corrected chi connectivity index (χ2v) is 4.14. The van der Waals surface area contributed by atoms with Crippen molar-refractivity contribution in [2.75, 3.05) is 13.2 Å². The summed E-state index contributed by atoms with van der Waals surface area (Å²) >= 11 is 5.68. The van der Waals surface area contributed by atoms with E-state index in [4.69, 9.17) is 16.3 Å². The van der Waals surface area contributed by atoms with Crippen molar-refractivity contribution >= 4 is 17.5 Å². The first-order valence-electron chi connectivity index (χ1n) is 5.73. The second-order valence-electron chi connectivity index (χ2n) is 3.88. The van der Waals surface area contributed by atoms with Gasteiger partial charge in [0.1, 0.15) is 0 Å². The lowest BCUT2D eigenvalue weighted by molar-refractivity contribution is -0.123. The first-order chi connectivity index (χ1) is 8.58. The van der Waals surface area contributed by atoms with E-state index in [2.05, 4.69) is 5.32 Å². The monoisotopic (exact) mass is 272 g/mol. The number of halogens is 1. The lowest BCUT2D eigenvalue weighted by Gasteiger charge is -2.10. The fraction of sp³-hybridized carbons (Fsp3) is 0.500. The predicted molar refractivity (Wildman–Crippen MR) is 70.0 cm³/mol. The standard InChI is InChI=1S/C12H17ClN2O3/c1-3-4-14-12(17)8-18-11-7-15(2)9(6-13)5-10(11)16/h5,7H,3-4,6,8H2,1-2H3,(H,14,17). The average Bonchev–Trinajstić information content (AvgIpc) is 2.36. The molecule has 1 aromatic rings. The van der Waals surface area contributed by atoms with Gasteiger partial charge in [-0.05, 0) is 6.42 Å². The van der Waals surface area contributed by atoms with E-state index in [0.717, 1.165) is 6.42 Å². The molecule has 0 aliphatic rings. The number of aromatic nitrogens is 1. The van der Waals surface area contributed by atoms with Crippen molar-refractivity contribution in [3.05, 3.63) is 28.2 Å². The van der Waals surface area contributed by atoms with Crippen LogP contribution < -0.4 is 15.5 Å². The van der Waals surface area contributed by atoms with Crippen molar-refractivity contribution in [2.24, 2.45) is 7.05 Å². The number of carbonyl (C=O) groups is 1. The smallest absolute Gasteiger partial charge is 0.257 e. The van der Waals surface area contributed by atoms with Gasteiger partial charge in [-0.2, -0.15) is 0 Å². The molecular weight excluding hydrogens is 256 g/mol. The Kier molecular flexibility index (Phi) is 5.71. The summed E-state index contributed by atoms with van der Waals surface area (Å²) < 4.78 is 6.89. The van der Waals surface area contributed by atoms with Gasteiger partial charge in [-0.3, -0.25) is 9.59 Å². The van der Waals surface area contributed by atoms with Crippen molar-refractivity contribution in [1.29, 1.82) is 0 Å². The molecule has 0 aliphatic heterocycles. The highest BCUT2D eigenvalue weighted by molar-refractivity contribution is 6.16. The lowest BCUT2D eigenvalue weighted by atomic mass is 10.3. The number of aryl methyl sites for hydroxylation is 1. The third kappa shape index (κ3) is 4.07. The SMILES string of the molecule is CCCNC(=O)COc1cn(C)c(CCl)cc1=O. The summed E-state index contributed by atoms with van der Waals surface area (Å²) in [6.07, 6.45) is 2.39. The van der Waals surface area contributed by atoms with E-state index in [9.17, 15) is 9.59 Å². The molecule has 0 atom stereocenters. The zero-order chi connectivity index (χ0) is 13.5. The van der Waals surface area contributed by atoms with Gasteiger partial charge in [0.2, 0.25) is 5.43 Å². The van der Waals surface area contributed by atoms with E-state index in [1.165, 1.54) is 12.3 Å². The van der Waals surface area contributed by atoms with Crippen LogP contribution in [0.5, 0.6) is 5.75 Å². The second kappa shape index (κ2) is 7.06. The van der Waals surface area contributed by atoms with E-state index in [-0.39, 0.29) is 29.6 Å². The molecule has 1 heterocycles. The fourth-order valence-corrected chi connectivity index (χ4v) is 1.61. The third-order valence-corrected chi connectivity index (χ3v) is 2.65. The number of rotatable bonds is 6. The molecule has 1 aromatic heterocycles. The van der Waals surface area contributed by atoms with Crippen LogP contribution in [0.15, 0.2) is 17.1 Å². The first-order valence-corrected chi connectivity index (χ1v) is 6.27. The van der Waals surface area contributed by atoms with Gasteiger partial charge in [-0.1, -0.05) is 6.92 Å². The van der Waals surface area contributed by atoms with Crippen molar-refractivity contribution in [2.45, 2.75) is 19.2 Å². The fourth-order valence-electron chi connectivity index (χ4n) is 1.35.